The fourth-order valence-corrected chi connectivity index (χ4v) is 2.34. The Balaban J connectivity index is 0.000000980. The Bertz CT molecular complexity index is 478. The molecule has 0 aliphatic carbocycles. The van der Waals surface area contributed by atoms with Crippen molar-refractivity contribution < 1.29 is 33.3 Å². The summed E-state index contributed by atoms with van der Waals surface area (Å²) in [5, 5.41) is 1.25. The van der Waals surface area contributed by atoms with Gasteiger partial charge in [-0.25, -0.2) is 0 Å². The molecule has 4 heteroatoms. The average Bonchev–Trinajstić information content (AvgIpc) is 2.43. The highest BCUT2D eigenvalue weighted by Crippen LogP contribution is 2.19. The van der Waals surface area contributed by atoms with Gasteiger partial charge in [0.25, 0.3) is 0 Å². The van der Waals surface area contributed by atoms with Gasteiger partial charge in [-0.3, -0.25) is 4.79 Å². The van der Waals surface area contributed by atoms with Gasteiger partial charge < -0.3 is 24.0 Å². The molecule has 0 radical (unpaired) electrons. The summed E-state index contributed by atoms with van der Waals surface area (Å²) < 4.78 is 3.33. The molecule has 0 aliphatic rings. The van der Waals surface area contributed by atoms with Gasteiger partial charge in [0.15, 0.2) is 0 Å². The number of aryl methyl sites for hydroxylation is 2. The van der Waals surface area contributed by atoms with E-state index in [1.54, 1.807) is 11.3 Å². The van der Waals surface area contributed by atoms with Crippen LogP contribution in [-0.4, -0.2) is 6.29 Å². The molecule has 2 rings (SSSR count). The van der Waals surface area contributed by atoms with Crippen LogP contribution in [0.25, 0.3) is 10.2 Å². The van der Waals surface area contributed by atoms with Crippen LogP contribution >= 0.6 is 11.3 Å². The number of hydrogen-bond acceptors (Lipinski definition) is 2. The molecule has 0 amide bonds. The Hall–Kier alpha value is -0.490. The van der Waals surface area contributed by atoms with Gasteiger partial charge in [0.05, 0.1) is 0 Å². The minimum absolute atomic E-state index is 0. The first-order chi connectivity index (χ1) is 6.22. The molecular weight excluding hydrogens is 309 g/mol. The minimum Gasteiger partial charge on any atom is -1.00 e. The number of rotatable bonds is 1. The molecular formula is C10H10INOS. The van der Waals surface area contributed by atoms with Gasteiger partial charge >= 0.3 is 0 Å². The zero-order chi connectivity index (χ0) is 9.42. The number of benzene rings is 1. The maximum absolute atomic E-state index is 10.6. The molecule has 2 aromatic rings. The summed E-state index contributed by atoms with van der Waals surface area (Å²) in [6, 6.07) is 5.77. The number of thiazole rings is 1. The molecule has 0 N–H and O–H groups in total. The molecule has 0 aliphatic heterocycles. The highest BCUT2D eigenvalue weighted by Gasteiger charge is 2.12. The maximum Gasteiger partial charge on any atom is 0.234 e. The second-order valence-electron chi connectivity index (χ2n) is 3.03. The quantitative estimate of drug-likeness (QED) is 0.369. The molecule has 1 heterocycles. The number of carbonyl (C=O) groups excluding carboxylic acids is 1. The van der Waals surface area contributed by atoms with Crippen LogP contribution < -0.4 is 28.5 Å². The molecule has 0 spiro atoms. The second kappa shape index (κ2) is 4.35. The van der Waals surface area contributed by atoms with E-state index in [4.69, 9.17) is 0 Å². The number of halogens is 1. The van der Waals surface area contributed by atoms with Crippen LogP contribution in [0, 0.1) is 6.92 Å². The second-order valence-corrected chi connectivity index (χ2v) is 4.26. The van der Waals surface area contributed by atoms with Crippen molar-refractivity contribution in [3.05, 3.63) is 28.8 Å². The number of hydrogen-bond donors (Lipinski definition) is 0. The maximum atomic E-state index is 10.6. The molecule has 74 valence electrons. The third-order valence-electron chi connectivity index (χ3n) is 2.21. The molecule has 2 nitrogen and oxygen atoms in total. The van der Waals surface area contributed by atoms with E-state index in [-0.39, 0.29) is 24.0 Å². The molecule has 0 saturated heterocycles. The average molecular weight is 319 g/mol. The molecule has 0 atom stereocenters. The van der Waals surface area contributed by atoms with Crippen LogP contribution in [-0.2, 0) is 7.05 Å². The zero-order valence-corrected chi connectivity index (χ0v) is 10.9. The van der Waals surface area contributed by atoms with Crippen molar-refractivity contribution >= 4 is 27.8 Å². The van der Waals surface area contributed by atoms with E-state index >= 15 is 0 Å². The minimum atomic E-state index is 0. The van der Waals surface area contributed by atoms with Crippen molar-refractivity contribution in [2.75, 3.05) is 0 Å². The highest BCUT2D eigenvalue weighted by molar-refractivity contribution is 7.18. The first-order valence-corrected chi connectivity index (χ1v) is 4.88. The Morgan fingerprint density at radius 1 is 1.43 bits per heavy atom. The van der Waals surface area contributed by atoms with E-state index in [2.05, 4.69) is 11.5 Å². The normalized spacial score (nSPS) is 9.86. The Kier molecular flexibility index (Phi) is 3.60. The van der Waals surface area contributed by atoms with Crippen molar-refractivity contribution in [2.45, 2.75) is 6.92 Å². The van der Waals surface area contributed by atoms with Gasteiger partial charge in [0.1, 0.15) is 18.0 Å². The van der Waals surface area contributed by atoms with Crippen LogP contribution in [0.1, 0.15) is 15.4 Å². The lowest BCUT2D eigenvalue weighted by Crippen LogP contribution is -3.00. The molecule has 0 fully saturated rings. The Morgan fingerprint density at radius 2 is 2.14 bits per heavy atom. The molecule has 0 unspecified atom stereocenters. The summed E-state index contributed by atoms with van der Waals surface area (Å²) in [6.07, 6.45) is 0.881. The van der Waals surface area contributed by atoms with Gasteiger partial charge in [-0.1, -0.05) is 11.3 Å². The molecule has 0 saturated carbocycles. The summed E-state index contributed by atoms with van der Waals surface area (Å²) in [7, 11) is 2.02. The smallest absolute Gasteiger partial charge is 0.234 e. The zero-order valence-electron chi connectivity index (χ0n) is 7.95. The highest BCUT2D eigenvalue weighted by atomic mass is 127. The third-order valence-corrected chi connectivity index (χ3v) is 3.34. The SMILES string of the molecule is Cc1sc2ccc(C=O)cc2[n+]1C.[I-]. The van der Waals surface area contributed by atoms with E-state index in [9.17, 15) is 4.79 Å². The lowest BCUT2D eigenvalue weighted by Gasteiger charge is -1.88. The standard InChI is InChI=1S/C10H10NOS.HI/c1-7-11(2)9-5-8(6-12)3-4-10(9)13-7;/h3-6H,1-2H3;1H/q+1;/p-1. The van der Waals surface area contributed by atoms with Gasteiger partial charge in [-0.15, -0.1) is 0 Å². The van der Waals surface area contributed by atoms with E-state index in [0.29, 0.717) is 0 Å². The lowest BCUT2D eigenvalue weighted by molar-refractivity contribution is -0.646. The van der Waals surface area contributed by atoms with E-state index in [0.717, 1.165) is 17.4 Å². The van der Waals surface area contributed by atoms with Gasteiger partial charge in [-0.05, 0) is 12.1 Å². The monoisotopic (exact) mass is 319 g/mol. The first-order valence-electron chi connectivity index (χ1n) is 4.07. The van der Waals surface area contributed by atoms with Crippen molar-refractivity contribution in [2.24, 2.45) is 7.05 Å². The van der Waals surface area contributed by atoms with Crippen LogP contribution in [0.5, 0.6) is 0 Å². The number of fused-ring (bicyclic) bond motifs is 1. The van der Waals surface area contributed by atoms with Gasteiger partial charge in [0, 0.05) is 18.6 Å². The third kappa shape index (κ3) is 1.81. The largest absolute Gasteiger partial charge is 1.00 e. The topological polar surface area (TPSA) is 20.9 Å². The molecule has 1 aromatic heterocycles. The summed E-state index contributed by atoms with van der Waals surface area (Å²) >= 11 is 1.74. The van der Waals surface area contributed by atoms with Gasteiger partial charge in [0.2, 0.25) is 10.5 Å². The molecule has 0 bridgehead atoms. The van der Waals surface area contributed by atoms with Crippen LogP contribution in [0.15, 0.2) is 18.2 Å². The van der Waals surface area contributed by atoms with Crippen molar-refractivity contribution in [3.63, 3.8) is 0 Å². The van der Waals surface area contributed by atoms with Crippen LogP contribution in [0.2, 0.25) is 0 Å². The Morgan fingerprint density at radius 3 is 2.79 bits per heavy atom. The lowest BCUT2D eigenvalue weighted by atomic mass is 10.2. The predicted molar refractivity (Wildman–Crippen MR) is 53.1 cm³/mol. The number of aromatic nitrogens is 1. The van der Waals surface area contributed by atoms with Crippen LogP contribution in [0.3, 0.4) is 0 Å². The Labute approximate surface area is 104 Å². The number of nitrogens with zero attached hydrogens (tertiary/aromatic N) is 1. The predicted octanol–water partition coefficient (Wildman–Crippen LogP) is -1.15. The van der Waals surface area contributed by atoms with Crippen molar-refractivity contribution in [1.29, 1.82) is 0 Å². The first kappa shape index (κ1) is 11.6. The molecule has 14 heavy (non-hydrogen) atoms. The summed E-state index contributed by atoms with van der Waals surface area (Å²) in [5.41, 5.74) is 1.87. The number of aldehydes is 1. The van der Waals surface area contributed by atoms with E-state index < -0.39 is 0 Å². The number of carbonyl (C=O) groups is 1. The van der Waals surface area contributed by atoms with Gasteiger partial charge in [-0.2, -0.15) is 4.57 Å². The molecule has 1 aromatic carbocycles. The van der Waals surface area contributed by atoms with Crippen molar-refractivity contribution in [3.8, 4) is 0 Å². The van der Waals surface area contributed by atoms with Crippen molar-refractivity contribution in [1.82, 2.24) is 0 Å². The van der Waals surface area contributed by atoms with E-state index in [1.165, 1.54) is 9.71 Å². The summed E-state index contributed by atoms with van der Waals surface area (Å²) in [4.78, 5) is 10.6. The van der Waals surface area contributed by atoms with E-state index in [1.807, 2.05) is 25.2 Å². The summed E-state index contributed by atoms with van der Waals surface area (Å²) in [5.74, 6) is 0. The van der Waals surface area contributed by atoms with Crippen LogP contribution in [0.4, 0.5) is 0 Å². The fraction of sp³-hybridized carbons (Fsp3) is 0.200. The fourth-order valence-electron chi connectivity index (χ4n) is 1.35. The summed E-state index contributed by atoms with van der Waals surface area (Å²) in [6.45, 7) is 2.07.